The quantitative estimate of drug-likeness (QED) is 0.557. The number of aliphatic imine (C=N–C) groups is 1. The number of rotatable bonds is 8. The van der Waals surface area contributed by atoms with Crippen molar-refractivity contribution in [1.82, 2.24) is 20.0 Å². The van der Waals surface area contributed by atoms with Crippen LogP contribution >= 0.6 is 0 Å². The molecule has 154 valence electrons. The zero-order chi connectivity index (χ0) is 20.7. The van der Waals surface area contributed by atoms with Crippen molar-refractivity contribution < 1.29 is 9.47 Å². The van der Waals surface area contributed by atoms with Crippen LogP contribution in [0, 0.1) is 0 Å². The van der Waals surface area contributed by atoms with Crippen LogP contribution < -0.4 is 14.8 Å². The fraction of sp³-hybridized carbons (Fsp3) is 0.524. The second-order valence-electron chi connectivity index (χ2n) is 7.23. The normalized spacial score (nSPS) is 12.8. The Morgan fingerprint density at radius 1 is 1.25 bits per heavy atom. The Morgan fingerprint density at radius 2 is 1.93 bits per heavy atom. The molecule has 28 heavy (non-hydrogen) atoms. The van der Waals surface area contributed by atoms with E-state index >= 15 is 0 Å². The monoisotopic (exact) mass is 387 g/mol. The molecular weight excluding hydrogens is 354 g/mol. The van der Waals surface area contributed by atoms with Gasteiger partial charge in [-0.15, -0.1) is 0 Å². The first-order chi connectivity index (χ1) is 13.3. The third-order valence-corrected chi connectivity index (χ3v) is 4.41. The highest BCUT2D eigenvalue weighted by Gasteiger charge is 2.16. The van der Waals surface area contributed by atoms with E-state index < -0.39 is 0 Å². The molecule has 0 saturated heterocycles. The molecule has 1 atom stereocenters. The molecule has 1 aromatic heterocycles. The number of ether oxygens (including phenoxy) is 2. The number of hydrogen-bond donors (Lipinski definition) is 1. The summed E-state index contributed by atoms with van der Waals surface area (Å²) in [5.41, 5.74) is 2.33. The van der Waals surface area contributed by atoms with Gasteiger partial charge in [-0.05, 0) is 25.0 Å². The molecule has 1 heterocycles. The van der Waals surface area contributed by atoms with Crippen molar-refractivity contribution >= 4 is 5.96 Å². The highest BCUT2D eigenvalue weighted by molar-refractivity contribution is 5.79. The molecule has 0 aliphatic heterocycles. The van der Waals surface area contributed by atoms with E-state index in [1.165, 1.54) is 5.56 Å². The zero-order valence-electron chi connectivity index (χ0n) is 18.1. The van der Waals surface area contributed by atoms with Crippen LogP contribution in [0.2, 0.25) is 0 Å². The molecule has 0 aliphatic carbocycles. The summed E-state index contributed by atoms with van der Waals surface area (Å²) in [4.78, 5) is 6.50. The molecule has 2 aromatic rings. The number of aryl methyl sites for hydroxylation is 1. The topological polar surface area (TPSA) is 63.9 Å². The van der Waals surface area contributed by atoms with Gasteiger partial charge in [0.2, 0.25) is 0 Å². The summed E-state index contributed by atoms with van der Waals surface area (Å²) in [6.45, 7) is 7.71. The minimum atomic E-state index is -0.0499. The Hall–Kier alpha value is -2.70. The Labute approximate surface area is 168 Å². The molecule has 1 N–H and O–H groups in total. The molecule has 0 spiro atoms. The van der Waals surface area contributed by atoms with Gasteiger partial charge in [0, 0.05) is 39.4 Å². The number of nitrogens with one attached hydrogen (secondary N) is 1. The minimum Gasteiger partial charge on any atom is -0.493 e. The van der Waals surface area contributed by atoms with Crippen LogP contribution in [0.3, 0.4) is 0 Å². The lowest BCUT2D eigenvalue weighted by atomic mass is 10.1. The van der Waals surface area contributed by atoms with E-state index in [0.29, 0.717) is 12.5 Å². The molecule has 2 rings (SSSR count). The lowest BCUT2D eigenvalue weighted by molar-refractivity contribution is 0.212. The van der Waals surface area contributed by atoms with Crippen molar-refractivity contribution in [3.05, 3.63) is 41.7 Å². The number of nitrogens with zero attached hydrogens (tertiary/aromatic N) is 4. The van der Waals surface area contributed by atoms with Crippen LogP contribution in [-0.2, 0) is 13.6 Å². The van der Waals surface area contributed by atoms with Gasteiger partial charge in [-0.25, -0.2) is 0 Å². The average Bonchev–Trinajstić information content (AvgIpc) is 3.03. The van der Waals surface area contributed by atoms with Crippen molar-refractivity contribution in [2.45, 2.75) is 39.3 Å². The summed E-state index contributed by atoms with van der Waals surface area (Å²) < 4.78 is 13.2. The van der Waals surface area contributed by atoms with Gasteiger partial charge in [0.15, 0.2) is 17.5 Å². The van der Waals surface area contributed by atoms with E-state index in [2.05, 4.69) is 40.4 Å². The predicted octanol–water partition coefficient (Wildman–Crippen LogP) is 3.03. The lowest BCUT2D eigenvalue weighted by Gasteiger charge is -2.24. The van der Waals surface area contributed by atoms with E-state index in [4.69, 9.17) is 9.47 Å². The summed E-state index contributed by atoms with van der Waals surface area (Å²) >= 11 is 0. The molecule has 0 saturated carbocycles. The summed E-state index contributed by atoms with van der Waals surface area (Å²) in [6, 6.07) is 7.66. The van der Waals surface area contributed by atoms with Crippen molar-refractivity contribution in [2.75, 3.05) is 27.7 Å². The van der Waals surface area contributed by atoms with Crippen LogP contribution in [0.25, 0.3) is 0 Å². The van der Waals surface area contributed by atoms with E-state index in [1.807, 2.05) is 50.0 Å². The Bertz CT molecular complexity index is 785. The second kappa shape index (κ2) is 10.0. The molecule has 7 nitrogen and oxygen atoms in total. The molecular formula is C21H33N5O2. The number of guanidine groups is 1. The van der Waals surface area contributed by atoms with Crippen LogP contribution in [0.1, 0.15) is 37.9 Å². The third kappa shape index (κ3) is 5.65. The Balaban J connectivity index is 1.95. The van der Waals surface area contributed by atoms with Crippen LogP contribution in [0.4, 0.5) is 0 Å². The maximum atomic E-state index is 6.01. The maximum absolute atomic E-state index is 6.01. The summed E-state index contributed by atoms with van der Waals surface area (Å²) in [7, 11) is 7.42. The van der Waals surface area contributed by atoms with Gasteiger partial charge in [-0.3, -0.25) is 9.67 Å². The number of methoxy groups -OCH3 is 1. The van der Waals surface area contributed by atoms with Crippen molar-refractivity contribution in [2.24, 2.45) is 12.0 Å². The van der Waals surface area contributed by atoms with Gasteiger partial charge >= 0.3 is 0 Å². The standard InChI is InChI=1S/C21H33N5O2/c1-15(2)20-17(14-26(6)24-20)13-25(5)21(22-4)23-12-16(3)28-19-11-9-8-10-18(19)27-7/h8-11,14-16H,12-13H2,1-7H3,(H,22,23). The fourth-order valence-corrected chi connectivity index (χ4v) is 3.09. The molecule has 0 amide bonds. The first kappa shape index (κ1) is 21.6. The highest BCUT2D eigenvalue weighted by Crippen LogP contribution is 2.26. The number of para-hydroxylation sites is 2. The number of hydrogen-bond acceptors (Lipinski definition) is 4. The average molecular weight is 388 g/mol. The van der Waals surface area contributed by atoms with Crippen molar-refractivity contribution in [1.29, 1.82) is 0 Å². The molecule has 1 unspecified atom stereocenters. The minimum absolute atomic E-state index is 0.0499. The largest absolute Gasteiger partial charge is 0.493 e. The smallest absolute Gasteiger partial charge is 0.193 e. The Morgan fingerprint density at radius 3 is 2.54 bits per heavy atom. The molecule has 0 aliphatic rings. The molecule has 0 fully saturated rings. The first-order valence-corrected chi connectivity index (χ1v) is 9.59. The second-order valence-corrected chi connectivity index (χ2v) is 7.23. The van der Waals surface area contributed by atoms with Crippen molar-refractivity contribution in [3.8, 4) is 11.5 Å². The van der Waals surface area contributed by atoms with Crippen LogP contribution in [-0.4, -0.2) is 54.5 Å². The zero-order valence-corrected chi connectivity index (χ0v) is 18.1. The van der Waals surface area contributed by atoms with Gasteiger partial charge in [-0.2, -0.15) is 5.10 Å². The van der Waals surface area contributed by atoms with E-state index in [-0.39, 0.29) is 6.10 Å². The van der Waals surface area contributed by atoms with Crippen molar-refractivity contribution in [3.63, 3.8) is 0 Å². The lowest BCUT2D eigenvalue weighted by Crippen LogP contribution is -2.42. The van der Waals surface area contributed by atoms with E-state index in [9.17, 15) is 0 Å². The van der Waals surface area contributed by atoms with Gasteiger partial charge in [0.05, 0.1) is 19.3 Å². The van der Waals surface area contributed by atoms with Gasteiger partial charge in [0.25, 0.3) is 0 Å². The fourth-order valence-electron chi connectivity index (χ4n) is 3.09. The summed E-state index contributed by atoms with van der Waals surface area (Å²) in [6.07, 6.45) is 2.03. The van der Waals surface area contributed by atoms with Crippen LogP contribution in [0.5, 0.6) is 11.5 Å². The third-order valence-electron chi connectivity index (χ3n) is 4.41. The highest BCUT2D eigenvalue weighted by atomic mass is 16.5. The molecule has 1 aromatic carbocycles. The molecule has 7 heteroatoms. The predicted molar refractivity (Wildman–Crippen MR) is 113 cm³/mol. The number of aromatic nitrogens is 2. The SMILES string of the molecule is CN=C(NCC(C)Oc1ccccc1OC)N(C)Cc1cn(C)nc1C(C)C. The van der Waals surface area contributed by atoms with E-state index in [1.54, 1.807) is 14.2 Å². The molecule has 0 radical (unpaired) electrons. The maximum Gasteiger partial charge on any atom is 0.193 e. The summed E-state index contributed by atoms with van der Waals surface area (Å²) in [5.74, 6) is 2.66. The van der Waals surface area contributed by atoms with Gasteiger partial charge in [-0.1, -0.05) is 26.0 Å². The van der Waals surface area contributed by atoms with Gasteiger partial charge in [0.1, 0.15) is 6.10 Å². The Kier molecular flexibility index (Phi) is 7.72. The van der Waals surface area contributed by atoms with E-state index in [0.717, 1.165) is 29.7 Å². The van der Waals surface area contributed by atoms with Gasteiger partial charge < -0.3 is 19.7 Å². The summed E-state index contributed by atoms with van der Waals surface area (Å²) in [5, 5.41) is 7.97. The molecule has 0 bridgehead atoms. The number of benzene rings is 1. The first-order valence-electron chi connectivity index (χ1n) is 9.59. The van der Waals surface area contributed by atoms with Crippen LogP contribution in [0.15, 0.2) is 35.5 Å².